The van der Waals surface area contributed by atoms with E-state index < -0.39 is 0 Å². The minimum absolute atomic E-state index is 0.0447. The molecule has 4 nitrogen and oxygen atoms in total. The van der Waals surface area contributed by atoms with Gasteiger partial charge in [0.25, 0.3) is 0 Å². The predicted molar refractivity (Wildman–Crippen MR) is 57.3 cm³/mol. The maximum atomic E-state index is 8.91. The number of aromatic amines is 1. The maximum absolute atomic E-state index is 8.91. The number of aliphatic hydroxyl groups excluding tert-OH is 1. The second-order valence-electron chi connectivity index (χ2n) is 4.44. The molecular weight excluding hydrogens is 190 g/mol. The van der Waals surface area contributed by atoms with E-state index in [1.165, 1.54) is 32.1 Å². The summed E-state index contributed by atoms with van der Waals surface area (Å²) < 4.78 is 0. The molecule has 1 aliphatic carbocycles. The topological polar surface area (TPSA) is 61.8 Å². The molecule has 0 aromatic carbocycles. The van der Waals surface area contributed by atoms with Crippen molar-refractivity contribution >= 4 is 0 Å². The summed E-state index contributed by atoms with van der Waals surface area (Å²) >= 11 is 0. The van der Waals surface area contributed by atoms with Crippen molar-refractivity contribution in [1.82, 2.24) is 15.2 Å². The van der Waals surface area contributed by atoms with Crippen LogP contribution in [0.1, 0.15) is 56.6 Å². The normalized spacial score (nSPS) is 26.8. The SMILES string of the molecule is CCC1CCCC(c2n[nH]c(CO)n2)C1. The third-order valence-corrected chi connectivity index (χ3v) is 3.42. The molecule has 0 radical (unpaired) electrons. The first-order chi connectivity index (χ1) is 7.33. The zero-order chi connectivity index (χ0) is 10.7. The quantitative estimate of drug-likeness (QED) is 0.800. The molecule has 1 aromatic heterocycles. The van der Waals surface area contributed by atoms with Crippen molar-refractivity contribution in [3.05, 3.63) is 11.6 Å². The summed E-state index contributed by atoms with van der Waals surface area (Å²) in [6.45, 7) is 2.21. The molecule has 2 rings (SSSR count). The Morgan fingerprint density at radius 3 is 3.00 bits per heavy atom. The maximum Gasteiger partial charge on any atom is 0.153 e. The Labute approximate surface area is 90.1 Å². The van der Waals surface area contributed by atoms with Crippen molar-refractivity contribution in [1.29, 1.82) is 0 Å². The summed E-state index contributed by atoms with van der Waals surface area (Å²) in [5.74, 6) is 2.82. The van der Waals surface area contributed by atoms with Crippen molar-refractivity contribution < 1.29 is 5.11 Å². The summed E-state index contributed by atoms with van der Waals surface area (Å²) in [5.41, 5.74) is 0. The molecule has 2 N–H and O–H groups in total. The van der Waals surface area contributed by atoms with Crippen LogP contribution in [-0.2, 0) is 6.61 Å². The predicted octanol–water partition coefficient (Wildman–Crippen LogP) is 1.98. The molecule has 1 aliphatic rings. The van der Waals surface area contributed by atoms with Gasteiger partial charge < -0.3 is 5.11 Å². The van der Waals surface area contributed by atoms with Gasteiger partial charge in [0.15, 0.2) is 5.82 Å². The molecule has 1 heterocycles. The third-order valence-electron chi connectivity index (χ3n) is 3.42. The Hall–Kier alpha value is -0.900. The number of hydrogen-bond donors (Lipinski definition) is 2. The molecule has 4 heteroatoms. The largest absolute Gasteiger partial charge is 0.388 e. The average molecular weight is 209 g/mol. The van der Waals surface area contributed by atoms with E-state index in [1.807, 2.05) is 0 Å². The molecule has 1 saturated carbocycles. The monoisotopic (exact) mass is 209 g/mol. The highest BCUT2D eigenvalue weighted by molar-refractivity contribution is 4.99. The van der Waals surface area contributed by atoms with Crippen LogP contribution < -0.4 is 0 Å². The number of aliphatic hydroxyl groups is 1. The molecule has 1 aromatic rings. The Morgan fingerprint density at radius 1 is 1.47 bits per heavy atom. The lowest BCUT2D eigenvalue weighted by Gasteiger charge is -2.26. The lowest BCUT2D eigenvalue weighted by atomic mass is 9.80. The fraction of sp³-hybridized carbons (Fsp3) is 0.818. The zero-order valence-electron chi connectivity index (χ0n) is 9.24. The second-order valence-corrected chi connectivity index (χ2v) is 4.44. The fourth-order valence-electron chi connectivity index (χ4n) is 2.46. The summed E-state index contributed by atoms with van der Waals surface area (Å²) in [7, 11) is 0. The van der Waals surface area contributed by atoms with E-state index in [4.69, 9.17) is 5.11 Å². The van der Waals surface area contributed by atoms with Crippen LogP contribution in [0.25, 0.3) is 0 Å². The summed E-state index contributed by atoms with van der Waals surface area (Å²) in [5, 5.41) is 15.9. The molecule has 84 valence electrons. The van der Waals surface area contributed by atoms with Crippen LogP contribution in [0.3, 0.4) is 0 Å². The molecule has 1 fully saturated rings. The van der Waals surface area contributed by atoms with E-state index >= 15 is 0 Å². The number of nitrogens with zero attached hydrogens (tertiary/aromatic N) is 2. The molecule has 2 unspecified atom stereocenters. The highest BCUT2D eigenvalue weighted by Crippen LogP contribution is 2.35. The molecular formula is C11H19N3O. The number of aromatic nitrogens is 3. The van der Waals surface area contributed by atoms with Crippen molar-refractivity contribution in [3.63, 3.8) is 0 Å². The second kappa shape index (κ2) is 4.75. The highest BCUT2D eigenvalue weighted by Gasteiger charge is 2.24. The standard InChI is InChI=1S/C11H19N3O/c1-2-8-4-3-5-9(6-8)11-12-10(7-15)13-14-11/h8-9,15H,2-7H2,1H3,(H,12,13,14). The first-order valence-corrected chi connectivity index (χ1v) is 5.85. The van der Waals surface area contributed by atoms with Crippen LogP contribution in [0.4, 0.5) is 0 Å². The van der Waals surface area contributed by atoms with Crippen LogP contribution >= 0.6 is 0 Å². The van der Waals surface area contributed by atoms with E-state index in [0.29, 0.717) is 11.7 Å². The smallest absolute Gasteiger partial charge is 0.153 e. The van der Waals surface area contributed by atoms with E-state index in [1.54, 1.807) is 0 Å². The molecule has 15 heavy (non-hydrogen) atoms. The Kier molecular flexibility index (Phi) is 3.36. The van der Waals surface area contributed by atoms with Gasteiger partial charge in [0.1, 0.15) is 12.4 Å². The zero-order valence-corrected chi connectivity index (χ0v) is 9.24. The summed E-state index contributed by atoms with van der Waals surface area (Å²) in [6, 6.07) is 0. The van der Waals surface area contributed by atoms with Crippen molar-refractivity contribution in [2.24, 2.45) is 5.92 Å². The van der Waals surface area contributed by atoms with E-state index in [0.717, 1.165) is 11.7 Å². The first kappa shape index (κ1) is 10.6. The minimum Gasteiger partial charge on any atom is -0.388 e. The van der Waals surface area contributed by atoms with Crippen molar-refractivity contribution in [3.8, 4) is 0 Å². The Balaban J connectivity index is 2.03. The van der Waals surface area contributed by atoms with Gasteiger partial charge in [-0.05, 0) is 18.8 Å². The summed E-state index contributed by atoms with van der Waals surface area (Å²) in [4.78, 5) is 4.30. The molecule has 2 atom stereocenters. The van der Waals surface area contributed by atoms with Crippen molar-refractivity contribution in [2.75, 3.05) is 0 Å². The van der Waals surface area contributed by atoms with E-state index in [2.05, 4.69) is 22.1 Å². The van der Waals surface area contributed by atoms with Crippen LogP contribution in [0, 0.1) is 5.92 Å². The molecule has 0 spiro atoms. The Morgan fingerprint density at radius 2 is 2.33 bits per heavy atom. The fourth-order valence-corrected chi connectivity index (χ4v) is 2.46. The van der Waals surface area contributed by atoms with Gasteiger partial charge in [-0.15, -0.1) is 0 Å². The molecule has 0 amide bonds. The van der Waals surface area contributed by atoms with Gasteiger partial charge in [0, 0.05) is 5.92 Å². The average Bonchev–Trinajstić information content (AvgIpc) is 2.78. The van der Waals surface area contributed by atoms with E-state index in [9.17, 15) is 0 Å². The molecule has 0 aliphatic heterocycles. The van der Waals surface area contributed by atoms with Crippen LogP contribution in [0.15, 0.2) is 0 Å². The lowest BCUT2D eigenvalue weighted by Crippen LogP contribution is -2.14. The summed E-state index contributed by atoms with van der Waals surface area (Å²) in [6.07, 6.45) is 6.29. The van der Waals surface area contributed by atoms with Crippen LogP contribution in [-0.4, -0.2) is 20.3 Å². The minimum atomic E-state index is -0.0447. The van der Waals surface area contributed by atoms with Gasteiger partial charge in [-0.3, -0.25) is 5.10 Å². The number of hydrogen-bond acceptors (Lipinski definition) is 3. The van der Waals surface area contributed by atoms with Gasteiger partial charge in [-0.1, -0.05) is 26.2 Å². The van der Waals surface area contributed by atoms with Gasteiger partial charge in [-0.25, -0.2) is 4.98 Å². The van der Waals surface area contributed by atoms with Crippen LogP contribution in [0.2, 0.25) is 0 Å². The van der Waals surface area contributed by atoms with Gasteiger partial charge in [0.05, 0.1) is 0 Å². The first-order valence-electron chi connectivity index (χ1n) is 5.85. The molecule has 0 saturated heterocycles. The van der Waals surface area contributed by atoms with Gasteiger partial charge >= 0.3 is 0 Å². The van der Waals surface area contributed by atoms with Gasteiger partial charge in [-0.2, -0.15) is 5.10 Å². The van der Waals surface area contributed by atoms with Gasteiger partial charge in [0.2, 0.25) is 0 Å². The number of nitrogens with one attached hydrogen (secondary N) is 1. The number of rotatable bonds is 3. The van der Waals surface area contributed by atoms with Crippen molar-refractivity contribution in [2.45, 2.75) is 51.6 Å². The van der Waals surface area contributed by atoms with E-state index in [-0.39, 0.29) is 6.61 Å². The Bertz CT molecular complexity index is 311. The lowest BCUT2D eigenvalue weighted by molar-refractivity contribution is 0.271. The number of H-pyrrole nitrogens is 1. The van der Waals surface area contributed by atoms with Crippen LogP contribution in [0.5, 0.6) is 0 Å². The highest BCUT2D eigenvalue weighted by atomic mass is 16.3. The molecule has 0 bridgehead atoms. The third kappa shape index (κ3) is 2.37.